The number of benzene rings is 1. The molecule has 0 heterocycles. The molecule has 0 radical (unpaired) electrons. The average molecular weight is 405 g/mol. The molecule has 0 fully saturated rings. The lowest BCUT2D eigenvalue weighted by Gasteiger charge is -2.15. The molecule has 1 nitrogen and oxygen atoms in total. The maximum Gasteiger partial charge on any atom is 0.163 e. The van der Waals surface area contributed by atoms with Crippen molar-refractivity contribution in [3.63, 3.8) is 0 Å². The number of Topliss-reactive ketones (excluding diaryl/α,β-unsaturated/α-hetero) is 1. The van der Waals surface area contributed by atoms with Crippen molar-refractivity contribution in [1.29, 1.82) is 0 Å². The fraction of sp³-hybridized carbons (Fsp3) is 0.483. The molecule has 2 aliphatic rings. The lowest BCUT2D eigenvalue weighted by molar-refractivity contribution is 0.0983. The quantitative estimate of drug-likeness (QED) is 0.313. The second kappa shape index (κ2) is 13.2. The fourth-order valence-electron chi connectivity index (χ4n) is 3.77. The molecule has 0 saturated carbocycles. The molecule has 1 atom stereocenters. The number of allylic oxidation sites excluding steroid dienone is 7. The van der Waals surface area contributed by atoms with E-state index in [2.05, 4.69) is 44.7 Å². The van der Waals surface area contributed by atoms with Gasteiger partial charge in [0.25, 0.3) is 0 Å². The van der Waals surface area contributed by atoms with Gasteiger partial charge in [-0.05, 0) is 77.6 Å². The van der Waals surface area contributed by atoms with Gasteiger partial charge >= 0.3 is 0 Å². The number of carbonyl (C=O) groups is 1. The number of ketones is 1. The standard InChI is InChI=1S/C16H18O.C13H22/c1-13-7-10-15(11-8-13)16(17)12-9-14-5-3-2-4-6-14;1-11(2)12(3)9-10-13-7-5-4-6-8-13/h3,5-8,10-11H,2,4,9,12H2,1H3;7,12H,1,4-6,8-10H2,2-3H3. The summed E-state index contributed by atoms with van der Waals surface area (Å²) in [5.41, 5.74) is 6.35. The van der Waals surface area contributed by atoms with Gasteiger partial charge < -0.3 is 0 Å². The van der Waals surface area contributed by atoms with E-state index in [1.807, 2.05) is 31.2 Å². The van der Waals surface area contributed by atoms with Crippen molar-refractivity contribution >= 4 is 5.78 Å². The van der Waals surface area contributed by atoms with Crippen LogP contribution in [0.1, 0.15) is 94.0 Å². The summed E-state index contributed by atoms with van der Waals surface area (Å²) in [6.07, 6.45) is 20.8. The van der Waals surface area contributed by atoms with E-state index in [4.69, 9.17) is 0 Å². The van der Waals surface area contributed by atoms with Gasteiger partial charge in [-0.2, -0.15) is 0 Å². The molecular formula is C29H40O. The summed E-state index contributed by atoms with van der Waals surface area (Å²) in [7, 11) is 0. The van der Waals surface area contributed by atoms with E-state index < -0.39 is 0 Å². The minimum atomic E-state index is 0.241. The van der Waals surface area contributed by atoms with Gasteiger partial charge in [0.15, 0.2) is 5.78 Å². The van der Waals surface area contributed by atoms with Crippen molar-refractivity contribution in [1.82, 2.24) is 0 Å². The van der Waals surface area contributed by atoms with E-state index in [1.54, 1.807) is 5.57 Å². The van der Waals surface area contributed by atoms with Crippen molar-refractivity contribution in [2.75, 3.05) is 0 Å². The molecule has 0 bridgehead atoms. The van der Waals surface area contributed by atoms with Gasteiger partial charge in [0.05, 0.1) is 0 Å². The van der Waals surface area contributed by atoms with Crippen molar-refractivity contribution in [2.45, 2.75) is 85.0 Å². The van der Waals surface area contributed by atoms with Crippen LogP contribution in [0.3, 0.4) is 0 Å². The molecule has 1 heteroatoms. The average Bonchev–Trinajstić information content (AvgIpc) is 2.78. The minimum Gasteiger partial charge on any atom is -0.294 e. The highest BCUT2D eigenvalue weighted by molar-refractivity contribution is 5.96. The molecule has 1 aromatic rings. The van der Waals surface area contributed by atoms with E-state index in [0.29, 0.717) is 12.3 Å². The highest BCUT2D eigenvalue weighted by Crippen LogP contribution is 2.24. The summed E-state index contributed by atoms with van der Waals surface area (Å²) in [6, 6.07) is 7.82. The van der Waals surface area contributed by atoms with Crippen molar-refractivity contribution in [2.24, 2.45) is 5.92 Å². The first kappa shape index (κ1) is 24.1. The number of rotatable bonds is 8. The predicted octanol–water partition coefficient (Wildman–Crippen LogP) is 8.71. The summed E-state index contributed by atoms with van der Waals surface area (Å²) in [5, 5.41) is 0. The minimum absolute atomic E-state index is 0.241. The van der Waals surface area contributed by atoms with Crippen LogP contribution in [-0.2, 0) is 0 Å². The Morgan fingerprint density at radius 3 is 2.40 bits per heavy atom. The Kier molecular flexibility index (Phi) is 10.6. The molecule has 162 valence electrons. The first-order valence-electron chi connectivity index (χ1n) is 11.7. The van der Waals surface area contributed by atoms with Gasteiger partial charge in [0, 0.05) is 12.0 Å². The molecule has 1 unspecified atom stereocenters. The largest absolute Gasteiger partial charge is 0.294 e. The molecule has 0 aliphatic heterocycles. The molecule has 3 rings (SSSR count). The molecule has 30 heavy (non-hydrogen) atoms. The number of aryl methyl sites for hydroxylation is 1. The van der Waals surface area contributed by atoms with Crippen molar-refractivity contribution in [3.05, 3.63) is 83.0 Å². The second-order valence-corrected chi connectivity index (χ2v) is 8.94. The van der Waals surface area contributed by atoms with E-state index >= 15 is 0 Å². The molecule has 0 aromatic heterocycles. The maximum atomic E-state index is 11.9. The van der Waals surface area contributed by atoms with Crippen LogP contribution in [0.4, 0.5) is 0 Å². The Hall–Kier alpha value is -2.15. The monoisotopic (exact) mass is 404 g/mol. The van der Waals surface area contributed by atoms with Crippen LogP contribution in [0.15, 0.2) is 71.9 Å². The van der Waals surface area contributed by atoms with Crippen molar-refractivity contribution in [3.8, 4) is 0 Å². The topological polar surface area (TPSA) is 17.1 Å². The zero-order valence-corrected chi connectivity index (χ0v) is 19.4. The third-order valence-corrected chi connectivity index (χ3v) is 6.21. The van der Waals surface area contributed by atoms with E-state index in [-0.39, 0.29) is 5.78 Å². The first-order valence-corrected chi connectivity index (χ1v) is 11.7. The number of carbonyl (C=O) groups excluding carboxylic acids is 1. The van der Waals surface area contributed by atoms with Gasteiger partial charge in [0.1, 0.15) is 0 Å². The van der Waals surface area contributed by atoms with Crippen LogP contribution in [-0.4, -0.2) is 5.78 Å². The van der Waals surface area contributed by atoms with Crippen LogP contribution in [0.25, 0.3) is 0 Å². The summed E-state index contributed by atoms with van der Waals surface area (Å²) in [5.74, 6) is 0.938. The van der Waals surface area contributed by atoms with Crippen LogP contribution < -0.4 is 0 Å². The Morgan fingerprint density at radius 2 is 1.80 bits per heavy atom. The zero-order chi connectivity index (χ0) is 21.8. The molecule has 0 spiro atoms. The van der Waals surface area contributed by atoms with Crippen LogP contribution in [0.5, 0.6) is 0 Å². The second-order valence-electron chi connectivity index (χ2n) is 8.94. The predicted molar refractivity (Wildman–Crippen MR) is 131 cm³/mol. The van der Waals surface area contributed by atoms with E-state index in [1.165, 1.54) is 55.2 Å². The highest BCUT2D eigenvalue weighted by Gasteiger charge is 2.08. The van der Waals surface area contributed by atoms with Crippen molar-refractivity contribution < 1.29 is 4.79 Å². The Bertz CT molecular complexity index is 773. The SMILES string of the molecule is C=C(C)C(C)CCC1=CCCCC1.Cc1ccc(C(=O)CCC2=CCCC=C2)cc1. The van der Waals surface area contributed by atoms with E-state index in [0.717, 1.165) is 24.8 Å². The Balaban J connectivity index is 0.000000222. The van der Waals surface area contributed by atoms with Gasteiger partial charge in [-0.3, -0.25) is 4.79 Å². The molecule has 1 aromatic carbocycles. The van der Waals surface area contributed by atoms with Gasteiger partial charge in [-0.1, -0.05) is 84.4 Å². The molecular weight excluding hydrogens is 364 g/mol. The summed E-state index contributed by atoms with van der Waals surface area (Å²) in [6.45, 7) is 10.5. The molecule has 0 amide bonds. The fourth-order valence-corrected chi connectivity index (χ4v) is 3.77. The van der Waals surface area contributed by atoms with Gasteiger partial charge in [0.2, 0.25) is 0 Å². The number of hydrogen-bond donors (Lipinski definition) is 0. The lowest BCUT2D eigenvalue weighted by atomic mass is 9.91. The molecule has 2 aliphatic carbocycles. The number of hydrogen-bond acceptors (Lipinski definition) is 1. The lowest BCUT2D eigenvalue weighted by Crippen LogP contribution is -1.99. The Morgan fingerprint density at radius 1 is 1.03 bits per heavy atom. The molecule has 0 N–H and O–H groups in total. The third-order valence-electron chi connectivity index (χ3n) is 6.21. The van der Waals surface area contributed by atoms with Crippen LogP contribution in [0, 0.1) is 12.8 Å². The van der Waals surface area contributed by atoms with Crippen LogP contribution >= 0.6 is 0 Å². The van der Waals surface area contributed by atoms with E-state index in [9.17, 15) is 4.79 Å². The Labute approximate surface area is 184 Å². The zero-order valence-electron chi connectivity index (χ0n) is 19.4. The third kappa shape index (κ3) is 9.11. The first-order chi connectivity index (χ1) is 14.5. The van der Waals surface area contributed by atoms with Gasteiger partial charge in [-0.15, -0.1) is 0 Å². The van der Waals surface area contributed by atoms with Gasteiger partial charge in [-0.25, -0.2) is 0 Å². The smallest absolute Gasteiger partial charge is 0.163 e. The summed E-state index contributed by atoms with van der Waals surface area (Å²) >= 11 is 0. The normalized spacial score (nSPS) is 16.6. The molecule has 0 saturated heterocycles. The maximum absolute atomic E-state index is 11.9. The summed E-state index contributed by atoms with van der Waals surface area (Å²) < 4.78 is 0. The highest BCUT2D eigenvalue weighted by atomic mass is 16.1. The summed E-state index contributed by atoms with van der Waals surface area (Å²) in [4.78, 5) is 11.9. The van der Waals surface area contributed by atoms with Crippen LogP contribution in [0.2, 0.25) is 0 Å².